The molecule has 1 aromatic carbocycles. The Morgan fingerprint density at radius 1 is 1.12 bits per heavy atom. The van der Waals surface area contributed by atoms with Gasteiger partial charge in [-0.1, -0.05) is 6.92 Å². The molecule has 5 rings (SSSR count). The fraction of sp³-hybridized carbons (Fsp3) is 0.767. The van der Waals surface area contributed by atoms with Crippen molar-refractivity contribution in [2.75, 3.05) is 19.0 Å². The van der Waals surface area contributed by atoms with Crippen molar-refractivity contribution < 1.29 is 9.84 Å². The van der Waals surface area contributed by atoms with Gasteiger partial charge in [0.1, 0.15) is 0 Å². The fourth-order valence-corrected chi connectivity index (χ4v) is 9.47. The summed E-state index contributed by atoms with van der Waals surface area (Å²) in [5.41, 5.74) is 2.92. The third-order valence-electron chi connectivity index (χ3n) is 10.9. The van der Waals surface area contributed by atoms with E-state index in [9.17, 15) is 10.4 Å². The van der Waals surface area contributed by atoms with E-state index >= 15 is 0 Å². The molecule has 4 aliphatic rings. The van der Waals surface area contributed by atoms with Crippen molar-refractivity contribution in [2.45, 2.75) is 90.2 Å². The van der Waals surface area contributed by atoms with Gasteiger partial charge in [0.25, 0.3) is 0 Å². The van der Waals surface area contributed by atoms with Crippen LogP contribution in [-0.2, 0) is 4.74 Å². The second-order valence-corrected chi connectivity index (χ2v) is 12.6. The molecule has 1 unspecified atom stereocenters. The highest BCUT2D eigenvalue weighted by Gasteiger charge is 2.58. The van der Waals surface area contributed by atoms with Crippen LogP contribution in [-0.4, -0.2) is 30.5 Å². The van der Waals surface area contributed by atoms with Gasteiger partial charge in [0, 0.05) is 18.8 Å². The van der Waals surface area contributed by atoms with Crippen molar-refractivity contribution >= 4 is 5.69 Å². The number of benzene rings is 1. The Balaban J connectivity index is 1.28. The number of anilines is 1. The first-order valence-electron chi connectivity index (χ1n) is 13.8. The topological polar surface area (TPSA) is 65.3 Å². The smallest absolute Gasteiger partial charge is 0.0991 e. The molecular weight excluding hydrogens is 420 g/mol. The van der Waals surface area contributed by atoms with E-state index in [1.165, 1.54) is 56.2 Å². The number of aliphatic hydroxyl groups is 1. The lowest BCUT2D eigenvalue weighted by Crippen LogP contribution is -2.52. The Morgan fingerprint density at radius 2 is 1.91 bits per heavy atom. The summed E-state index contributed by atoms with van der Waals surface area (Å²) in [6.45, 7) is 7.60. The zero-order valence-corrected chi connectivity index (χ0v) is 21.6. The van der Waals surface area contributed by atoms with E-state index < -0.39 is 5.60 Å². The molecule has 34 heavy (non-hydrogen) atoms. The number of fused-ring (bicyclic) bond motifs is 5. The van der Waals surface area contributed by atoms with Gasteiger partial charge in [-0.2, -0.15) is 5.26 Å². The molecule has 0 radical (unpaired) electrons. The van der Waals surface area contributed by atoms with Gasteiger partial charge < -0.3 is 15.2 Å². The van der Waals surface area contributed by atoms with Crippen molar-refractivity contribution in [3.8, 4) is 6.07 Å². The van der Waals surface area contributed by atoms with E-state index in [-0.39, 0.29) is 0 Å². The van der Waals surface area contributed by atoms with Gasteiger partial charge in [0.15, 0.2) is 0 Å². The van der Waals surface area contributed by atoms with Crippen molar-refractivity contribution in [3.05, 3.63) is 29.3 Å². The molecule has 186 valence electrons. The fourth-order valence-electron chi connectivity index (χ4n) is 9.47. The standard InChI is InChI=1S/C30H44N2O2/c1-19-15-21(17-31)5-10-28(19)32-20(2)26-8-9-27-25-7-6-22-16-30(33,18-34-4)14-12-23(22)24(25)11-13-29(26,27)3/h5,10,15,20,22-27,32-33H,6-9,11-14,16,18H2,1-4H3/t20-,22+,23-,24+,25+,26+,27?,29+,30+/m0/s1. The minimum Gasteiger partial charge on any atom is -0.387 e. The Bertz CT molecular complexity index is 940. The summed E-state index contributed by atoms with van der Waals surface area (Å²) in [5.74, 6) is 4.80. The first-order valence-corrected chi connectivity index (χ1v) is 13.8. The third-order valence-corrected chi connectivity index (χ3v) is 10.9. The van der Waals surface area contributed by atoms with Gasteiger partial charge in [-0.15, -0.1) is 0 Å². The van der Waals surface area contributed by atoms with Crippen LogP contribution < -0.4 is 5.32 Å². The van der Waals surface area contributed by atoms with Crippen molar-refractivity contribution in [1.29, 1.82) is 5.26 Å². The molecule has 0 spiro atoms. The molecule has 4 nitrogen and oxygen atoms in total. The van der Waals surface area contributed by atoms with Crippen LogP contribution in [0.1, 0.15) is 82.8 Å². The Labute approximate surface area is 206 Å². The molecule has 0 aliphatic heterocycles. The molecular formula is C30H44N2O2. The number of nitrogens with zero attached hydrogens (tertiary/aromatic N) is 1. The lowest BCUT2D eigenvalue weighted by atomic mass is 9.48. The van der Waals surface area contributed by atoms with Crippen LogP contribution in [0.4, 0.5) is 5.69 Å². The van der Waals surface area contributed by atoms with E-state index in [1.807, 2.05) is 12.1 Å². The van der Waals surface area contributed by atoms with E-state index in [1.54, 1.807) is 7.11 Å². The molecule has 0 bridgehead atoms. The largest absolute Gasteiger partial charge is 0.387 e. The molecule has 2 N–H and O–H groups in total. The van der Waals surface area contributed by atoms with Gasteiger partial charge in [0.2, 0.25) is 0 Å². The number of methoxy groups -OCH3 is 1. The molecule has 0 amide bonds. The van der Waals surface area contributed by atoms with Gasteiger partial charge >= 0.3 is 0 Å². The van der Waals surface area contributed by atoms with Crippen LogP contribution in [0.2, 0.25) is 0 Å². The number of aryl methyl sites for hydroxylation is 1. The summed E-state index contributed by atoms with van der Waals surface area (Å²) in [6.07, 6.45) is 11.2. The van der Waals surface area contributed by atoms with E-state index in [0.29, 0.717) is 29.9 Å². The molecule has 1 aromatic rings. The monoisotopic (exact) mass is 464 g/mol. The van der Waals surface area contributed by atoms with Gasteiger partial charge in [-0.3, -0.25) is 0 Å². The average molecular weight is 465 g/mol. The van der Waals surface area contributed by atoms with Crippen LogP contribution >= 0.6 is 0 Å². The number of rotatable bonds is 5. The Morgan fingerprint density at radius 3 is 2.65 bits per heavy atom. The van der Waals surface area contributed by atoms with Crippen molar-refractivity contribution in [3.63, 3.8) is 0 Å². The van der Waals surface area contributed by atoms with Crippen LogP contribution in [0, 0.1) is 59.2 Å². The van der Waals surface area contributed by atoms with Crippen LogP contribution in [0.15, 0.2) is 18.2 Å². The SMILES string of the molecule is COC[C@@]1(O)CC[C@H]2[C@H](CC[C@H]3C4CC[C@H]([C@H](C)Nc5ccc(C#N)cc5C)[C@@]4(C)CC[C@H]23)C1. The van der Waals surface area contributed by atoms with Gasteiger partial charge in [0.05, 0.1) is 23.8 Å². The van der Waals surface area contributed by atoms with Crippen molar-refractivity contribution in [2.24, 2.45) is 40.9 Å². The predicted octanol–water partition coefficient (Wildman–Crippen LogP) is 6.31. The normalized spacial score (nSPS) is 42.1. The summed E-state index contributed by atoms with van der Waals surface area (Å²) >= 11 is 0. The van der Waals surface area contributed by atoms with Gasteiger partial charge in [-0.05, 0) is 136 Å². The summed E-state index contributed by atoms with van der Waals surface area (Å²) in [6, 6.07) is 8.71. The number of hydrogen-bond donors (Lipinski definition) is 2. The van der Waals surface area contributed by atoms with Crippen LogP contribution in [0.3, 0.4) is 0 Å². The minimum atomic E-state index is -0.588. The number of ether oxygens (including phenoxy) is 1. The maximum absolute atomic E-state index is 11.0. The highest BCUT2D eigenvalue weighted by Crippen LogP contribution is 2.65. The minimum absolute atomic E-state index is 0.423. The molecule has 0 heterocycles. The average Bonchev–Trinajstić information content (AvgIpc) is 3.17. The Hall–Kier alpha value is -1.57. The lowest BCUT2D eigenvalue weighted by molar-refractivity contribution is -0.124. The number of nitriles is 1. The quantitative estimate of drug-likeness (QED) is 0.536. The van der Waals surface area contributed by atoms with Crippen LogP contribution in [0.5, 0.6) is 0 Å². The molecule has 4 heteroatoms. The molecule has 0 aromatic heterocycles. The second kappa shape index (κ2) is 9.14. The highest BCUT2D eigenvalue weighted by atomic mass is 16.5. The molecule has 9 atom stereocenters. The summed E-state index contributed by atoms with van der Waals surface area (Å²) in [7, 11) is 1.72. The zero-order valence-electron chi connectivity index (χ0n) is 21.6. The summed E-state index contributed by atoms with van der Waals surface area (Å²) in [5, 5.41) is 24.1. The van der Waals surface area contributed by atoms with Gasteiger partial charge in [-0.25, -0.2) is 0 Å². The first-order chi connectivity index (χ1) is 16.3. The number of hydrogen-bond acceptors (Lipinski definition) is 4. The zero-order chi connectivity index (χ0) is 24.1. The Kier molecular flexibility index (Phi) is 6.49. The maximum Gasteiger partial charge on any atom is 0.0991 e. The highest BCUT2D eigenvalue weighted by molar-refractivity contribution is 5.54. The summed E-state index contributed by atoms with van der Waals surface area (Å²) < 4.78 is 5.37. The van der Waals surface area contributed by atoms with E-state index in [0.717, 1.165) is 42.1 Å². The molecule has 4 aliphatic carbocycles. The lowest BCUT2D eigenvalue weighted by Gasteiger charge is -2.57. The van der Waals surface area contributed by atoms with Crippen LogP contribution in [0.25, 0.3) is 0 Å². The predicted molar refractivity (Wildman–Crippen MR) is 136 cm³/mol. The summed E-state index contributed by atoms with van der Waals surface area (Å²) in [4.78, 5) is 0. The molecule has 0 saturated heterocycles. The second-order valence-electron chi connectivity index (χ2n) is 12.6. The first kappa shape index (κ1) is 24.1. The van der Waals surface area contributed by atoms with Crippen molar-refractivity contribution in [1.82, 2.24) is 0 Å². The third kappa shape index (κ3) is 4.07. The number of nitrogens with one attached hydrogen (secondary N) is 1. The molecule has 4 saturated carbocycles. The van der Waals surface area contributed by atoms with E-state index in [4.69, 9.17) is 4.74 Å². The van der Waals surface area contributed by atoms with E-state index in [2.05, 4.69) is 38.2 Å². The maximum atomic E-state index is 11.0. The molecule has 4 fully saturated rings.